The van der Waals surface area contributed by atoms with Gasteiger partial charge in [0.25, 0.3) is 0 Å². The Morgan fingerprint density at radius 2 is 0.699 bits per heavy atom. The van der Waals surface area contributed by atoms with Gasteiger partial charge in [-0.05, 0) is 119 Å². The van der Waals surface area contributed by atoms with E-state index < -0.39 is 6.10 Å². The fraction of sp³-hybridized carbons (Fsp3) is 0.854. The van der Waals surface area contributed by atoms with E-state index in [2.05, 4.69) is 82.2 Å². The number of piperidine rings is 1. The lowest BCUT2D eigenvalue weighted by atomic mass is 10.1. The van der Waals surface area contributed by atoms with Crippen LogP contribution in [0.1, 0.15) is 114 Å². The number of para-hydroxylation sites is 3. The predicted molar refractivity (Wildman–Crippen MR) is 444 cm³/mol. The van der Waals surface area contributed by atoms with Crippen LogP contribution in [0.15, 0.2) is 54.6 Å². The number of aliphatic hydroxyl groups is 7. The molecule has 2 aromatic carbocycles. The summed E-state index contributed by atoms with van der Waals surface area (Å²) < 4.78 is 54.5. The molecule has 4 heterocycles. The van der Waals surface area contributed by atoms with Crippen LogP contribution in [0.3, 0.4) is 0 Å². The van der Waals surface area contributed by atoms with E-state index in [4.69, 9.17) is 42.6 Å². The number of piperazine rings is 1. The van der Waals surface area contributed by atoms with Crippen LogP contribution in [0.2, 0.25) is 0 Å². The standard InChI is InChI=1S/C16H26NO3.C14H22NO2.C13H30NO2.C12H27N2O2.C11H24NO3.C9H22NO2.C7H18NO2.7H2O/c1-17(10-6-3-7-11-17)12-14(18)13-20-16-9-5-4-8-15(16)19-2;1-15(9-5-6-10-15)11-13(16)12-17-14-7-3-2-4-8-14;1-6-8-14(5,9-7-2)10-13(15)11-16-12(3)4;1-11(2)16-10-12(15)9-14(4)7-5-13(3)6-8-14;1-10(2)15-9-11(13)8-12(3)4-6-14-7-5-12;1-8(2)12-7-9(11)6-10(3,4)5;1-8(2,3)5-7(9)6-10-4;;;;;;;/h4-5,8-9,14,18H,3,6-7,10-13H2,1-2H3;2-4,7-8,13,16H,5-6,9-12H2,1H3;12-13,15H,6-11H2,1-5H3;11-12,15H,5-10H2,1-4H3;10-11,13H,4-9H2,1-3H3;8-9,11H,6-7H2,1-5H3;7,9H,5-6H2,1-4H3;7*1H2/q7*+1;;;;;;;/p-7. The van der Waals surface area contributed by atoms with Gasteiger partial charge in [-0.15, -0.1) is 0 Å². The number of aliphatic hydroxyl groups excluding tert-OH is 7. The fourth-order valence-electron chi connectivity index (χ4n) is 13.5. The first-order valence-electron chi connectivity index (χ1n) is 40.1. The largest absolute Gasteiger partial charge is 0.870 e. The first-order chi connectivity index (χ1) is 49.4. The molecule has 4 saturated heterocycles. The van der Waals surface area contributed by atoms with E-state index in [0.717, 1.165) is 174 Å². The average molecular weight is 1640 g/mol. The SMILES string of the molecule is CC(C)OCC(O)C[N+](C)(C)C.CC(C)OCC(O)C[N+]1(C)CCN(C)CC1.CC(C)OCC(O)C[N+]1(C)CCOCC1.CCC[N+](C)(CCC)CC(O)COC(C)C.COCC(O)C[N+](C)(C)C.COc1ccccc1OCC(O)C[N+]1(C)CCCCC1.C[N+]1(CC(O)COc2ccccc2)CCCC1.[OH-].[OH-].[OH-].[OH-].[OH-].[OH-].[OH-]. The van der Waals surface area contributed by atoms with Gasteiger partial charge in [-0.1, -0.05) is 44.2 Å². The Kier molecular flexibility index (Phi) is 74.9. The van der Waals surface area contributed by atoms with Crippen LogP contribution in [-0.4, -0.2) is 460 Å². The Morgan fingerprint density at radius 1 is 0.389 bits per heavy atom. The number of quaternary nitrogens is 7. The lowest BCUT2D eigenvalue weighted by Gasteiger charge is -2.42. The molecule has 31 nitrogen and oxygen atoms in total. The van der Waals surface area contributed by atoms with Gasteiger partial charge in [0.2, 0.25) is 0 Å². The van der Waals surface area contributed by atoms with Crippen LogP contribution < -0.4 is 14.2 Å². The molecule has 0 radical (unpaired) electrons. The molecule has 4 aliphatic rings. The highest BCUT2D eigenvalue weighted by molar-refractivity contribution is 5.39. The van der Waals surface area contributed by atoms with Crippen molar-refractivity contribution in [3.05, 3.63) is 54.6 Å². The number of hydrogen-bond donors (Lipinski definition) is 7. The summed E-state index contributed by atoms with van der Waals surface area (Å²) in [4.78, 5) is 2.34. The molecular formula is C82H176N8O23. The average Bonchev–Trinajstić information content (AvgIpc) is 1.69. The molecule has 2 aromatic rings. The number of morpholine rings is 1. The second-order valence-electron chi connectivity index (χ2n) is 35.0. The van der Waals surface area contributed by atoms with Crippen molar-refractivity contribution in [3.63, 3.8) is 0 Å². The number of methoxy groups -OCH3 is 2. The highest BCUT2D eigenvalue weighted by Crippen LogP contribution is 2.27. The van der Waals surface area contributed by atoms with Crippen LogP contribution in [-0.2, 0) is 28.4 Å². The van der Waals surface area contributed by atoms with E-state index in [1.807, 2.05) is 131 Å². The van der Waals surface area contributed by atoms with Crippen LogP contribution in [0.4, 0.5) is 0 Å². The first-order valence-corrected chi connectivity index (χ1v) is 40.1. The van der Waals surface area contributed by atoms with E-state index in [1.54, 1.807) is 14.2 Å². The van der Waals surface area contributed by atoms with Gasteiger partial charge in [-0.2, -0.15) is 0 Å². The second kappa shape index (κ2) is 67.5. The zero-order valence-electron chi connectivity index (χ0n) is 75.3. The predicted octanol–water partition coefficient (Wildman–Crippen LogP) is 5.13. The normalized spacial score (nSPS) is 17.9. The Balaban J connectivity index is -0.000000189. The Labute approximate surface area is 686 Å². The van der Waals surface area contributed by atoms with Gasteiger partial charge in [0.15, 0.2) is 11.5 Å². The van der Waals surface area contributed by atoms with Crippen molar-refractivity contribution in [2.75, 3.05) is 283 Å². The number of ether oxygens (including phenoxy) is 9. The van der Waals surface area contributed by atoms with Crippen LogP contribution in [0, 0.1) is 0 Å². The van der Waals surface area contributed by atoms with Crippen LogP contribution >= 0.6 is 0 Å². The lowest BCUT2D eigenvalue weighted by Crippen LogP contribution is -2.59. The topological polar surface area (TPSA) is 438 Å². The molecule has 7 unspecified atom stereocenters. The molecule has 6 rings (SSSR count). The third-order valence-corrected chi connectivity index (χ3v) is 19.0. The molecule has 4 fully saturated rings. The highest BCUT2D eigenvalue weighted by atomic mass is 16.5. The number of nitrogens with zero attached hydrogens (tertiary/aromatic N) is 8. The van der Waals surface area contributed by atoms with E-state index in [0.29, 0.717) is 57.7 Å². The molecule has 0 saturated carbocycles. The molecular weight excluding hydrogens is 1460 g/mol. The minimum absolute atomic E-state index is 0. The van der Waals surface area contributed by atoms with Gasteiger partial charge in [0.1, 0.15) is 121 Å². The third-order valence-electron chi connectivity index (χ3n) is 19.0. The van der Waals surface area contributed by atoms with Gasteiger partial charge >= 0.3 is 0 Å². The highest BCUT2D eigenvalue weighted by Gasteiger charge is 2.33. The summed E-state index contributed by atoms with van der Waals surface area (Å²) >= 11 is 0. The summed E-state index contributed by atoms with van der Waals surface area (Å²) in [5.74, 6) is 2.23. The van der Waals surface area contributed by atoms with Gasteiger partial charge in [0, 0.05) is 33.0 Å². The molecule has 7 atom stereocenters. The zero-order chi connectivity index (χ0) is 80.6. The van der Waals surface area contributed by atoms with Crippen molar-refractivity contribution in [3.8, 4) is 17.2 Å². The first kappa shape index (κ1) is 125. The molecule has 0 spiro atoms. The van der Waals surface area contributed by atoms with Gasteiger partial charge < -0.3 is 148 Å². The molecule has 31 heteroatoms. The van der Waals surface area contributed by atoms with Gasteiger partial charge in [0.05, 0.1) is 208 Å². The zero-order valence-corrected chi connectivity index (χ0v) is 75.3. The summed E-state index contributed by atoms with van der Waals surface area (Å²) in [6, 6.07) is 17.2. The molecule has 0 bridgehead atoms. The molecule has 0 amide bonds. The van der Waals surface area contributed by atoms with E-state index in [-0.39, 0.29) is 99.4 Å². The van der Waals surface area contributed by atoms with Crippen molar-refractivity contribution in [1.29, 1.82) is 0 Å². The Hall–Kier alpha value is -3.28. The summed E-state index contributed by atoms with van der Waals surface area (Å²) in [5.41, 5.74) is 0. The molecule has 4 aliphatic heterocycles. The van der Waals surface area contributed by atoms with Crippen molar-refractivity contribution in [1.82, 2.24) is 4.90 Å². The molecule has 113 heavy (non-hydrogen) atoms. The quantitative estimate of drug-likeness (QED) is 0.0427. The monoisotopic (exact) mass is 1640 g/mol. The van der Waals surface area contributed by atoms with Gasteiger partial charge in [-0.25, -0.2) is 0 Å². The number of likely N-dealkylation sites (N-methyl/N-ethyl adjacent to an activating group) is 8. The maximum atomic E-state index is 10.2. The van der Waals surface area contributed by atoms with Crippen LogP contribution in [0.5, 0.6) is 17.2 Å². The Bertz CT molecular complexity index is 2390. The summed E-state index contributed by atoms with van der Waals surface area (Å²) in [5, 5.41) is 68.7. The van der Waals surface area contributed by atoms with E-state index >= 15 is 0 Å². The van der Waals surface area contributed by atoms with Crippen LogP contribution in [0.25, 0.3) is 0 Å². The maximum Gasteiger partial charge on any atom is 0.161 e. The maximum absolute atomic E-state index is 10.2. The number of rotatable bonds is 39. The smallest absolute Gasteiger partial charge is 0.161 e. The van der Waals surface area contributed by atoms with E-state index in [1.165, 1.54) is 45.2 Å². The third kappa shape index (κ3) is 68.2. The number of benzene rings is 2. The fourth-order valence-corrected chi connectivity index (χ4v) is 13.5. The van der Waals surface area contributed by atoms with Gasteiger partial charge in [-0.3, -0.25) is 4.90 Å². The van der Waals surface area contributed by atoms with Crippen molar-refractivity contribution >= 4 is 0 Å². The van der Waals surface area contributed by atoms with Crippen molar-refractivity contribution in [2.24, 2.45) is 0 Å². The minimum atomic E-state index is -0.442. The molecule has 682 valence electrons. The summed E-state index contributed by atoms with van der Waals surface area (Å²) in [6.45, 7) is 43.6. The summed E-state index contributed by atoms with van der Waals surface area (Å²) in [7, 11) is 28.7. The molecule has 14 N–H and O–H groups in total. The van der Waals surface area contributed by atoms with E-state index in [9.17, 15) is 35.7 Å². The second-order valence-corrected chi connectivity index (χ2v) is 35.0. The van der Waals surface area contributed by atoms with Crippen molar-refractivity contribution in [2.45, 2.75) is 181 Å². The van der Waals surface area contributed by atoms with Crippen molar-refractivity contribution < 1.29 is 148 Å². The minimum Gasteiger partial charge on any atom is -0.870 e. The Morgan fingerprint density at radius 3 is 1.05 bits per heavy atom. The lowest BCUT2D eigenvalue weighted by molar-refractivity contribution is -0.919. The molecule has 0 aliphatic carbocycles. The summed E-state index contributed by atoms with van der Waals surface area (Å²) in [6.07, 6.45) is 6.96. The number of hydrogen-bond acceptors (Lipinski definition) is 24. The molecule has 0 aromatic heterocycles. The number of likely N-dealkylation sites (tertiary alicyclic amines) is 2.